The van der Waals surface area contributed by atoms with Gasteiger partial charge in [-0.2, -0.15) is 0 Å². The minimum absolute atomic E-state index is 0.308. The molecule has 2 rings (SSSR count). The van der Waals surface area contributed by atoms with Crippen molar-refractivity contribution in [3.8, 4) is 5.75 Å². The Morgan fingerprint density at radius 1 is 0.857 bits per heavy atom. The number of para-hydroxylation sites is 1. The van der Waals surface area contributed by atoms with Crippen LogP contribution in [0.25, 0.3) is 6.08 Å². The predicted octanol–water partition coefficient (Wildman–Crippen LogP) is 7.96. The maximum atomic E-state index is 5.86. The number of unbranched alkanes of at least 4 members (excludes halogenated alkanes) is 13. The largest absolute Gasteiger partial charge is 0.490 e. The van der Waals surface area contributed by atoms with Crippen LogP contribution in [0.3, 0.4) is 0 Å². The summed E-state index contributed by atoms with van der Waals surface area (Å²) in [4.78, 5) is 0. The number of allylic oxidation sites excluding steroid dienone is 1. The van der Waals surface area contributed by atoms with Gasteiger partial charge in [0.25, 0.3) is 0 Å². The van der Waals surface area contributed by atoms with Crippen LogP contribution in [0.15, 0.2) is 30.3 Å². The summed E-state index contributed by atoms with van der Waals surface area (Å²) < 4.78 is 11.1. The number of rotatable bonds is 18. The summed E-state index contributed by atoms with van der Waals surface area (Å²) in [6.45, 7) is 3.80. The molecule has 0 aliphatic carbocycles. The van der Waals surface area contributed by atoms with E-state index in [4.69, 9.17) is 9.47 Å². The molecule has 1 aromatic carbocycles. The molecule has 1 aliphatic heterocycles. The van der Waals surface area contributed by atoms with Crippen LogP contribution in [-0.4, -0.2) is 19.3 Å². The monoisotopic (exact) mass is 386 g/mol. The lowest BCUT2D eigenvalue weighted by Gasteiger charge is -2.07. The summed E-state index contributed by atoms with van der Waals surface area (Å²) in [5, 5.41) is 0. The average molecular weight is 387 g/mol. The molecule has 1 atom stereocenters. The summed E-state index contributed by atoms with van der Waals surface area (Å²) in [5.41, 5.74) is 1.18. The van der Waals surface area contributed by atoms with Gasteiger partial charge in [-0.3, -0.25) is 0 Å². The van der Waals surface area contributed by atoms with Gasteiger partial charge in [0.15, 0.2) is 0 Å². The second-order valence-electron chi connectivity index (χ2n) is 8.24. The van der Waals surface area contributed by atoms with E-state index in [9.17, 15) is 0 Å². The van der Waals surface area contributed by atoms with Gasteiger partial charge in [-0.25, -0.2) is 0 Å². The van der Waals surface area contributed by atoms with E-state index in [1.54, 1.807) is 0 Å². The first-order valence-corrected chi connectivity index (χ1v) is 11.9. The zero-order valence-electron chi connectivity index (χ0n) is 18.2. The van der Waals surface area contributed by atoms with Crippen LogP contribution in [0.2, 0.25) is 0 Å². The third-order valence-electron chi connectivity index (χ3n) is 5.52. The smallest absolute Gasteiger partial charge is 0.126 e. The molecule has 2 nitrogen and oxygen atoms in total. The van der Waals surface area contributed by atoms with Gasteiger partial charge in [-0.15, -0.1) is 0 Å². The zero-order chi connectivity index (χ0) is 19.7. The Morgan fingerprint density at radius 2 is 1.43 bits per heavy atom. The Kier molecular flexibility index (Phi) is 12.8. The topological polar surface area (TPSA) is 21.8 Å². The molecular formula is C26H42O2. The first kappa shape index (κ1) is 23.0. The number of epoxide rings is 1. The van der Waals surface area contributed by atoms with Crippen LogP contribution in [0.5, 0.6) is 5.75 Å². The lowest BCUT2D eigenvalue weighted by Crippen LogP contribution is -2.04. The fraction of sp³-hybridized carbons (Fsp3) is 0.692. The number of benzene rings is 1. The molecule has 1 aliphatic rings. The van der Waals surface area contributed by atoms with Crippen molar-refractivity contribution in [1.29, 1.82) is 0 Å². The molecule has 28 heavy (non-hydrogen) atoms. The number of hydrogen-bond donors (Lipinski definition) is 0. The van der Waals surface area contributed by atoms with Crippen molar-refractivity contribution in [3.63, 3.8) is 0 Å². The fourth-order valence-electron chi connectivity index (χ4n) is 3.59. The van der Waals surface area contributed by atoms with E-state index in [0.717, 1.165) is 18.8 Å². The van der Waals surface area contributed by atoms with Gasteiger partial charge in [0.05, 0.1) is 6.61 Å². The summed E-state index contributed by atoms with van der Waals surface area (Å²) in [5.74, 6) is 0.972. The summed E-state index contributed by atoms with van der Waals surface area (Å²) in [6.07, 6.45) is 24.3. The maximum Gasteiger partial charge on any atom is 0.126 e. The second kappa shape index (κ2) is 15.6. The van der Waals surface area contributed by atoms with Gasteiger partial charge in [-0.05, 0) is 18.9 Å². The highest BCUT2D eigenvalue weighted by Gasteiger charge is 2.23. The fourth-order valence-corrected chi connectivity index (χ4v) is 3.59. The Morgan fingerprint density at radius 3 is 2.04 bits per heavy atom. The maximum absolute atomic E-state index is 5.86. The lowest BCUT2D eigenvalue weighted by atomic mass is 10.0. The normalized spacial score (nSPS) is 16.0. The molecule has 1 fully saturated rings. The highest BCUT2D eigenvalue weighted by Crippen LogP contribution is 2.22. The molecule has 1 aromatic rings. The van der Waals surface area contributed by atoms with Crippen LogP contribution < -0.4 is 4.74 Å². The van der Waals surface area contributed by atoms with Crippen LogP contribution in [0.1, 0.15) is 102 Å². The van der Waals surface area contributed by atoms with Crippen molar-refractivity contribution < 1.29 is 9.47 Å². The van der Waals surface area contributed by atoms with E-state index in [2.05, 4.69) is 31.2 Å². The van der Waals surface area contributed by atoms with Crippen molar-refractivity contribution in [2.45, 2.75) is 103 Å². The Labute approximate surface area is 173 Å². The number of ether oxygens (including phenoxy) is 2. The molecular weight excluding hydrogens is 344 g/mol. The molecule has 0 bridgehead atoms. The van der Waals surface area contributed by atoms with Crippen LogP contribution in [0.4, 0.5) is 0 Å². The van der Waals surface area contributed by atoms with Gasteiger partial charge < -0.3 is 9.47 Å². The quantitative estimate of drug-likeness (QED) is 0.188. The SMILES string of the molecule is CCCCCCCCCCCCCCC/C=C/c1ccccc1OCC1CO1. The minimum atomic E-state index is 0.308. The molecule has 1 heterocycles. The van der Waals surface area contributed by atoms with Crippen molar-refractivity contribution in [2.24, 2.45) is 0 Å². The van der Waals surface area contributed by atoms with E-state index in [-0.39, 0.29) is 0 Å². The van der Waals surface area contributed by atoms with Crippen molar-refractivity contribution in [3.05, 3.63) is 35.9 Å². The molecule has 1 unspecified atom stereocenters. The van der Waals surface area contributed by atoms with Gasteiger partial charge in [0, 0.05) is 5.56 Å². The van der Waals surface area contributed by atoms with E-state index in [1.807, 2.05) is 12.1 Å². The van der Waals surface area contributed by atoms with Gasteiger partial charge >= 0.3 is 0 Å². The minimum Gasteiger partial charge on any atom is -0.490 e. The lowest BCUT2D eigenvalue weighted by molar-refractivity contribution is 0.262. The molecule has 0 saturated carbocycles. The molecule has 1 saturated heterocycles. The Bertz CT molecular complexity index is 519. The molecule has 2 heteroatoms. The first-order chi connectivity index (χ1) is 13.9. The van der Waals surface area contributed by atoms with E-state index in [0.29, 0.717) is 12.7 Å². The van der Waals surface area contributed by atoms with Gasteiger partial charge in [0.1, 0.15) is 18.5 Å². The first-order valence-electron chi connectivity index (χ1n) is 11.9. The predicted molar refractivity (Wildman–Crippen MR) is 121 cm³/mol. The summed E-state index contributed by atoms with van der Waals surface area (Å²) in [7, 11) is 0. The third kappa shape index (κ3) is 11.5. The van der Waals surface area contributed by atoms with Gasteiger partial charge in [-0.1, -0.05) is 114 Å². The van der Waals surface area contributed by atoms with Crippen molar-refractivity contribution in [1.82, 2.24) is 0 Å². The summed E-state index contributed by atoms with van der Waals surface area (Å²) in [6, 6.07) is 8.29. The standard InChI is InChI=1S/C26H42O2/c1-2-3-4-5-6-7-8-9-10-11-12-13-14-15-16-19-24-20-17-18-21-26(24)28-23-25-22-27-25/h16-21,25H,2-15,22-23H2,1H3/b19-16+. The Hall–Kier alpha value is -1.28. The average Bonchev–Trinajstić information content (AvgIpc) is 3.54. The van der Waals surface area contributed by atoms with Crippen LogP contribution in [0, 0.1) is 0 Å². The number of hydrogen-bond acceptors (Lipinski definition) is 2. The van der Waals surface area contributed by atoms with Crippen molar-refractivity contribution >= 4 is 6.08 Å². The molecule has 0 spiro atoms. The van der Waals surface area contributed by atoms with Crippen molar-refractivity contribution in [2.75, 3.05) is 13.2 Å². The van der Waals surface area contributed by atoms with E-state index in [1.165, 1.54) is 89.0 Å². The summed E-state index contributed by atoms with van der Waals surface area (Å²) >= 11 is 0. The van der Waals surface area contributed by atoms with Crippen LogP contribution in [-0.2, 0) is 4.74 Å². The molecule has 0 amide bonds. The Balaban J connectivity index is 1.41. The highest BCUT2D eigenvalue weighted by molar-refractivity contribution is 5.57. The van der Waals surface area contributed by atoms with E-state index < -0.39 is 0 Å². The highest BCUT2D eigenvalue weighted by atomic mass is 16.6. The zero-order valence-corrected chi connectivity index (χ0v) is 18.2. The van der Waals surface area contributed by atoms with Crippen LogP contribution >= 0.6 is 0 Å². The molecule has 0 radical (unpaired) electrons. The van der Waals surface area contributed by atoms with Gasteiger partial charge in [0.2, 0.25) is 0 Å². The third-order valence-corrected chi connectivity index (χ3v) is 5.52. The molecule has 0 N–H and O–H groups in total. The molecule has 0 aromatic heterocycles. The molecule has 158 valence electrons. The second-order valence-corrected chi connectivity index (χ2v) is 8.24. The van der Waals surface area contributed by atoms with E-state index >= 15 is 0 Å².